The van der Waals surface area contributed by atoms with Crippen LogP contribution < -0.4 is 4.72 Å². The van der Waals surface area contributed by atoms with Gasteiger partial charge in [0, 0.05) is 14.2 Å². The van der Waals surface area contributed by atoms with Crippen LogP contribution in [-0.2, 0) is 16.6 Å². The van der Waals surface area contributed by atoms with E-state index in [1.807, 2.05) is 0 Å². The van der Waals surface area contributed by atoms with Gasteiger partial charge in [-0.1, -0.05) is 15.9 Å². The number of aliphatic hydroxyl groups is 1. The fraction of sp³-hybridized carbons (Fsp3) is 0.167. The Morgan fingerprint density at radius 1 is 1.40 bits per heavy atom. The zero-order chi connectivity index (χ0) is 14.9. The van der Waals surface area contributed by atoms with E-state index in [0.717, 1.165) is 0 Å². The number of benzene rings is 1. The molecule has 108 valence electrons. The molecule has 2 rings (SSSR count). The lowest BCUT2D eigenvalue weighted by Gasteiger charge is -2.08. The monoisotopic (exact) mass is 379 g/mol. The molecule has 0 aliphatic carbocycles. The summed E-state index contributed by atoms with van der Waals surface area (Å²) >= 11 is 4.29. The van der Waals surface area contributed by atoms with Crippen molar-refractivity contribution in [1.29, 1.82) is 0 Å². The van der Waals surface area contributed by atoms with Gasteiger partial charge in [-0.3, -0.25) is 4.72 Å². The topological polar surface area (TPSA) is 66.4 Å². The quantitative estimate of drug-likeness (QED) is 0.856. The highest BCUT2D eigenvalue weighted by molar-refractivity contribution is 9.10. The maximum atomic E-state index is 13.7. The van der Waals surface area contributed by atoms with E-state index in [1.54, 1.807) is 13.0 Å². The molecule has 0 saturated carbocycles. The molecule has 4 nitrogen and oxygen atoms in total. The number of hydrogen-bond donors (Lipinski definition) is 2. The molecule has 0 saturated heterocycles. The molecule has 0 atom stereocenters. The Hall–Kier alpha value is -0.960. The summed E-state index contributed by atoms with van der Waals surface area (Å²) in [4.78, 5) is 1.13. The van der Waals surface area contributed by atoms with Gasteiger partial charge in [0.2, 0.25) is 0 Å². The zero-order valence-corrected chi connectivity index (χ0v) is 13.6. The predicted octanol–water partition coefficient (Wildman–Crippen LogP) is 3.25. The minimum atomic E-state index is -3.87. The van der Waals surface area contributed by atoms with Gasteiger partial charge in [-0.05, 0) is 31.2 Å². The van der Waals surface area contributed by atoms with Crippen molar-refractivity contribution in [2.24, 2.45) is 0 Å². The fourth-order valence-corrected chi connectivity index (χ4v) is 4.54. The van der Waals surface area contributed by atoms with Crippen LogP contribution in [0, 0.1) is 12.7 Å². The summed E-state index contributed by atoms with van der Waals surface area (Å²) in [5.41, 5.74) is -0.121. The van der Waals surface area contributed by atoms with Gasteiger partial charge in [-0.2, -0.15) is 0 Å². The Balaban J connectivity index is 2.38. The third kappa shape index (κ3) is 3.20. The van der Waals surface area contributed by atoms with Crippen molar-refractivity contribution >= 4 is 43.0 Å². The van der Waals surface area contributed by atoms with Crippen molar-refractivity contribution in [1.82, 2.24) is 0 Å². The van der Waals surface area contributed by atoms with E-state index in [0.29, 0.717) is 14.2 Å². The number of nitrogens with one attached hydrogen (secondary N) is 1. The molecule has 0 aliphatic rings. The number of rotatable bonds is 4. The van der Waals surface area contributed by atoms with Crippen LogP contribution in [0.2, 0.25) is 0 Å². The minimum Gasteiger partial charge on any atom is -0.391 e. The largest absolute Gasteiger partial charge is 0.391 e. The Labute approximate surface area is 128 Å². The third-order valence-electron chi connectivity index (χ3n) is 2.54. The van der Waals surface area contributed by atoms with E-state index in [4.69, 9.17) is 5.11 Å². The first-order valence-electron chi connectivity index (χ1n) is 5.51. The summed E-state index contributed by atoms with van der Waals surface area (Å²) in [6.45, 7) is 1.41. The molecule has 0 fully saturated rings. The van der Waals surface area contributed by atoms with Crippen LogP contribution in [0.5, 0.6) is 0 Å². The van der Waals surface area contributed by atoms with Crippen molar-refractivity contribution in [3.8, 4) is 0 Å². The van der Waals surface area contributed by atoms with Crippen molar-refractivity contribution < 1.29 is 17.9 Å². The first-order valence-corrected chi connectivity index (χ1v) is 8.61. The van der Waals surface area contributed by atoms with Gasteiger partial charge < -0.3 is 5.11 Å². The smallest absolute Gasteiger partial charge is 0.263 e. The molecule has 0 aliphatic heterocycles. The molecule has 0 unspecified atom stereocenters. The van der Waals surface area contributed by atoms with Gasteiger partial charge in [0.1, 0.15) is 10.7 Å². The van der Waals surface area contributed by atoms with E-state index in [-0.39, 0.29) is 17.2 Å². The van der Waals surface area contributed by atoms with E-state index >= 15 is 0 Å². The first-order chi connectivity index (χ1) is 9.33. The molecule has 1 aromatic carbocycles. The highest BCUT2D eigenvalue weighted by Gasteiger charge is 2.21. The molecule has 1 heterocycles. The number of thiophene rings is 1. The molecule has 2 aromatic rings. The average Bonchev–Trinajstić information content (AvgIpc) is 2.75. The Kier molecular flexibility index (Phi) is 4.48. The zero-order valence-electron chi connectivity index (χ0n) is 10.4. The van der Waals surface area contributed by atoms with E-state index in [1.165, 1.54) is 29.5 Å². The standard InChI is InChI=1S/C12H11BrFNO3S2/c1-7-12(5-9(6-16)19-7)20(17,18)15-11-3-2-8(13)4-10(11)14/h2-5,15-16H,6H2,1H3. The molecule has 0 amide bonds. The lowest BCUT2D eigenvalue weighted by Crippen LogP contribution is -2.14. The number of sulfonamides is 1. The summed E-state index contributed by atoms with van der Waals surface area (Å²) in [5, 5.41) is 9.04. The van der Waals surface area contributed by atoms with Gasteiger partial charge in [0.05, 0.1) is 12.3 Å². The second kappa shape index (κ2) is 5.80. The van der Waals surface area contributed by atoms with Gasteiger partial charge in [-0.15, -0.1) is 11.3 Å². The van der Waals surface area contributed by atoms with E-state index < -0.39 is 15.8 Å². The molecule has 1 aromatic heterocycles. The molecular weight excluding hydrogens is 369 g/mol. The normalized spacial score (nSPS) is 11.6. The second-order valence-electron chi connectivity index (χ2n) is 4.02. The molecule has 8 heteroatoms. The van der Waals surface area contributed by atoms with Crippen LogP contribution in [-0.4, -0.2) is 13.5 Å². The van der Waals surface area contributed by atoms with Crippen molar-refractivity contribution in [2.75, 3.05) is 4.72 Å². The van der Waals surface area contributed by atoms with Gasteiger partial charge in [0.25, 0.3) is 10.0 Å². The van der Waals surface area contributed by atoms with Crippen LogP contribution >= 0.6 is 27.3 Å². The molecule has 0 radical (unpaired) electrons. The second-order valence-corrected chi connectivity index (χ2v) is 7.93. The lowest BCUT2D eigenvalue weighted by molar-refractivity contribution is 0.285. The summed E-state index contributed by atoms with van der Waals surface area (Å²) in [6, 6.07) is 5.45. The molecular formula is C12H11BrFNO3S2. The van der Waals surface area contributed by atoms with Crippen LogP contribution in [0.4, 0.5) is 10.1 Å². The number of hydrogen-bond acceptors (Lipinski definition) is 4. The van der Waals surface area contributed by atoms with Gasteiger partial charge >= 0.3 is 0 Å². The van der Waals surface area contributed by atoms with Gasteiger partial charge in [0.15, 0.2) is 0 Å². The summed E-state index contributed by atoms with van der Waals surface area (Å²) < 4.78 is 40.9. The maximum absolute atomic E-state index is 13.7. The number of anilines is 1. The predicted molar refractivity (Wildman–Crippen MR) is 79.9 cm³/mol. The molecule has 0 spiro atoms. The summed E-state index contributed by atoms with van der Waals surface area (Å²) in [6.07, 6.45) is 0. The van der Waals surface area contributed by atoms with Crippen LogP contribution in [0.15, 0.2) is 33.6 Å². The maximum Gasteiger partial charge on any atom is 0.263 e. The summed E-state index contributed by atoms with van der Waals surface area (Å²) in [5.74, 6) is -0.668. The molecule has 20 heavy (non-hydrogen) atoms. The number of aryl methyl sites for hydroxylation is 1. The first kappa shape index (κ1) is 15.4. The van der Waals surface area contributed by atoms with Crippen molar-refractivity contribution in [3.05, 3.63) is 44.3 Å². The van der Waals surface area contributed by atoms with E-state index in [2.05, 4.69) is 20.7 Å². The van der Waals surface area contributed by atoms with Crippen LogP contribution in [0.1, 0.15) is 9.75 Å². The number of aliphatic hydroxyl groups excluding tert-OH is 1. The molecule has 0 bridgehead atoms. The highest BCUT2D eigenvalue weighted by Crippen LogP contribution is 2.28. The minimum absolute atomic E-state index is 0.0499. The lowest BCUT2D eigenvalue weighted by atomic mass is 10.3. The van der Waals surface area contributed by atoms with E-state index in [9.17, 15) is 12.8 Å². The average molecular weight is 380 g/mol. The van der Waals surface area contributed by atoms with Crippen molar-refractivity contribution in [2.45, 2.75) is 18.4 Å². The highest BCUT2D eigenvalue weighted by atomic mass is 79.9. The Bertz CT molecular complexity index is 743. The Morgan fingerprint density at radius 3 is 2.65 bits per heavy atom. The van der Waals surface area contributed by atoms with Crippen molar-refractivity contribution in [3.63, 3.8) is 0 Å². The fourth-order valence-electron chi connectivity index (χ4n) is 1.64. The Morgan fingerprint density at radius 2 is 2.10 bits per heavy atom. The van der Waals surface area contributed by atoms with Crippen LogP contribution in [0.3, 0.4) is 0 Å². The van der Waals surface area contributed by atoms with Gasteiger partial charge in [-0.25, -0.2) is 12.8 Å². The number of halogens is 2. The SMILES string of the molecule is Cc1sc(CO)cc1S(=O)(=O)Nc1ccc(Br)cc1F. The third-order valence-corrected chi connectivity index (χ3v) is 5.69. The van der Waals surface area contributed by atoms with Crippen LogP contribution in [0.25, 0.3) is 0 Å². The summed E-state index contributed by atoms with van der Waals surface area (Å²) in [7, 11) is -3.87. The molecule has 2 N–H and O–H groups in total.